The van der Waals surface area contributed by atoms with Crippen molar-refractivity contribution in [1.29, 1.82) is 0 Å². The van der Waals surface area contributed by atoms with Gasteiger partial charge in [-0.25, -0.2) is 4.39 Å². The lowest BCUT2D eigenvalue weighted by molar-refractivity contribution is 0.0521. The van der Waals surface area contributed by atoms with E-state index >= 15 is 4.39 Å². The third kappa shape index (κ3) is 7.42. The van der Waals surface area contributed by atoms with Gasteiger partial charge in [-0.3, -0.25) is 4.79 Å². The van der Waals surface area contributed by atoms with Gasteiger partial charge < -0.3 is 10.2 Å². The molecule has 1 aromatic rings. The van der Waals surface area contributed by atoms with E-state index in [1.165, 1.54) is 6.42 Å². The van der Waals surface area contributed by atoms with Crippen LogP contribution in [0.5, 0.6) is 0 Å². The second-order valence-corrected chi connectivity index (χ2v) is 9.72. The van der Waals surface area contributed by atoms with Crippen LogP contribution in [0, 0.1) is 11.3 Å². The minimum Gasteiger partial charge on any atom is -0.349 e. The van der Waals surface area contributed by atoms with Gasteiger partial charge >= 0.3 is 0 Å². The van der Waals surface area contributed by atoms with E-state index < -0.39 is 5.67 Å². The quantitative estimate of drug-likeness (QED) is 0.674. The Morgan fingerprint density at radius 1 is 1.30 bits per heavy atom. The highest BCUT2D eigenvalue weighted by Gasteiger charge is 2.35. The highest BCUT2D eigenvalue weighted by Crippen LogP contribution is 2.29. The van der Waals surface area contributed by atoms with Crippen molar-refractivity contribution in [2.24, 2.45) is 11.3 Å². The number of rotatable bonds is 7. The fourth-order valence-corrected chi connectivity index (χ4v) is 4.11. The lowest BCUT2D eigenvalue weighted by atomic mass is 9.84. The molecule has 0 aromatic heterocycles. The fraction of sp³-hybridized carbons (Fsp3) is 0.682. The second-order valence-electron chi connectivity index (χ2n) is 9.31. The maximum Gasteiger partial charge on any atom is 0.252 e. The molecule has 0 bridgehead atoms. The Morgan fingerprint density at radius 3 is 2.52 bits per heavy atom. The smallest absolute Gasteiger partial charge is 0.252 e. The third-order valence-electron chi connectivity index (χ3n) is 5.34. The maximum atomic E-state index is 15.1. The number of carbonyl (C=O) groups excluding carboxylic acids is 1. The van der Waals surface area contributed by atoms with Gasteiger partial charge in [-0.05, 0) is 55.7 Å². The zero-order valence-electron chi connectivity index (χ0n) is 17.2. The van der Waals surface area contributed by atoms with Crippen LogP contribution in [0.3, 0.4) is 0 Å². The molecule has 1 aromatic carbocycles. The van der Waals surface area contributed by atoms with E-state index in [1.807, 2.05) is 0 Å². The summed E-state index contributed by atoms with van der Waals surface area (Å²) in [5.41, 5.74) is -0.576. The SMILES string of the molecule is CC(CCN1CCC(F)(CNC(=O)c2ccccc2Cl)CC1)CC(C)(C)C. The molecule has 1 aliphatic rings. The molecule has 5 heteroatoms. The number of hydrogen-bond acceptors (Lipinski definition) is 2. The lowest BCUT2D eigenvalue weighted by Gasteiger charge is -2.37. The third-order valence-corrected chi connectivity index (χ3v) is 5.66. The van der Waals surface area contributed by atoms with Crippen molar-refractivity contribution in [3.05, 3.63) is 34.9 Å². The summed E-state index contributed by atoms with van der Waals surface area (Å²) in [6.45, 7) is 11.7. The Morgan fingerprint density at radius 2 is 1.93 bits per heavy atom. The first-order valence-corrected chi connectivity index (χ1v) is 10.4. The summed E-state index contributed by atoms with van der Waals surface area (Å²) in [7, 11) is 0. The number of alkyl halides is 1. The van der Waals surface area contributed by atoms with Crippen LogP contribution in [0.1, 0.15) is 63.7 Å². The van der Waals surface area contributed by atoms with E-state index in [4.69, 9.17) is 11.6 Å². The summed E-state index contributed by atoms with van der Waals surface area (Å²) in [5, 5.41) is 3.11. The van der Waals surface area contributed by atoms with Crippen molar-refractivity contribution in [3.8, 4) is 0 Å². The molecule has 3 nitrogen and oxygen atoms in total. The number of nitrogens with one attached hydrogen (secondary N) is 1. The molecule has 152 valence electrons. The molecule has 1 aliphatic heterocycles. The zero-order chi connectivity index (χ0) is 20.1. The van der Waals surface area contributed by atoms with E-state index in [0.717, 1.165) is 26.1 Å². The zero-order valence-corrected chi connectivity index (χ0v) is 17.9. The average molecular weight is 397 g/mol. The topological polar surface area (TPSA) is 32.3 Å². The summed E-state index contributed by atoms with van der Waals surface area (Å²) >= 11 is 6.03. The number of likely N-dealkylation sites (tertiary alicyclic amines) is 1. The summed E-state index contributed by atoms with van der Waals surface area (Å²) in [4.78, 5) is 14.6. The van der Waals surface area contributed by atoms with Gasteiger partial charge in [0.15, 0.2) is 0 Å². The highest BCUT2D eigenvalue weighted by molar-refractivity contribution is 6.33. The molecule has 1 saturated heterocycles. The maximum absolute atomic E-state index is 15.1. The van der Waals surface area contributed by atoms with Crippen LogP contribution in [0.15, 0.2) is 24.3 Å². The van der Waals surface area contributed by atoms with Crippen molar-refractivity contribution in [1.82, 2.24) is 10.2 Å². The summed E-state index contributed by atoms with van der Waals surface area (Å²) in [6.07, 6.45) is 3.29. The standard InChI is InChI=1S/C22H34ClFN2O/c1-17(15-21(2,3)4)9-12-26-13-10-22(24,11-14-26)16-25-20(27)18-7-5-6-8-19(18)23/h5-8,17H,9-16H2,1-4H3,(H,25,27). The molecule has 0 aliphatic carbocycles. The molecular formula is C22H34ClFN2O. The highest BCUT2D eigenvalue weighted by atomic mass is 35.5. The van der Waals surface area contributed by atoms with Gasteiger partial charge in [-0.2, -0.15) is 0 Å². The van der Waals surface area contributed by atoms with Crippen molar-refractivity contribution in [2.75, 3.05) is 26.2 Å². The Labute approximate surface area is 168 Å². The molecule has 1 unspecified atom stereocenters. The molecular weight excluding hydrogens is 363 g/mol. The van der Waals surface area contributed by atoms with Crippen molar-refractivity contribution >= 4 is 17.5 Å². The number of amides is 1. The largest absolute Gasteiger partial charge is 0.349 e. The van der Waals surface area contributed by atoms with Crippen molar-refractivity contribution in [3.63, 3.8) is 0 Å². The summed E-state index contributed by atoms with van der Waals surface area (Å²) in [5.74, 6) is 0.369. The van der Waals surface area contributed by atoms with Gasteiger partial charge in [-0.1, -0.05) is 51.4 Å². The summed E-state index contributed by atoms with van der Waals surface area (Å²) in [6, 6.07) is 6.85. The van der Waals surface area contributed by atoms with Crippen LogP contribution in [-0.2, 0) is 0 Å². The van der Waals surface area contributed by atoms with Crippen LogP contribution < -0.4 is 5.32 Å². The number of benzene rings is 1. The molecule has 27 heavy (non-hydrogen) atoms. The van der Waals surface area contributed by atoms with Gasteiger partial charge in [0.05, 0.1) is 17.1 Å². The molecule has 1 N–H and O–H groups in total. The number of carbonyl (C=O) groups is 1. The Hall–Kier alpha value is -1.13. The van der Waals surface area contributed by atoms with Gasteiger partial charge in [0.25, 0.3) is 5.91 Å². The summed E-state index contributed by atoms with van der Waals surface area (Å²) < 4.78 is 15.1. The minimum atomic E-state index is -1.33. The van der Waals surface area contributed by atoms with E-state index in [-0.39, 0.29) is 12.5 Å². The van der Waals surface area contributed by atoms with E-state index in [0.29, 0.717) is 34.8 Å². The van der Waals surface area contributed by atoms with Crippen molar-refractivity contribution in [2.45, 2.75) is 59.0 Å². The molecule has 1 heterocycles. The molecule has 0 spiro atoms. The lowest BCUT2D eigenvalue weighted by Crippen LogP contribution is -2.48. The van der Waals surface area contributed by atoms with Crippen LogP contribution >= 0.6 is 11.6 Å². The first kappa shape index (κ1) is 22.2. The monoisotopic (exact) mass is 396 g/mol. The van der Waals surface area contributed by atoms with E-state index in [2.05, 4.69) is 37.9 Å². The Kier molecular flexibility index (Phi) is 7.70. The van der Waals surface area contributed by atoms with E-state index in [9.17, 15) is 4.79 Å². The molecule has 0 saturated carbocycles. The Balaban J connectivity index is 1.74. The van der Waals surface area contributed by atoms with Crippen LogP contribution in [0.4, 0.5) is 4.39 Å². The molecule has 1 fully saturated rings. The van der Waals surface area contributed by atoms with Crippen LogP contribution in [-0.4, -0.2) is 42.7 Å². The number of nitrogens with zero attached hydrogens (tertiary/aromatic N) is 1. The number of hydrogen-bond donors (Lipinski definition) is 1. The molecule has 1 atom stereocenters. The second kappa shape index (κ2) is 9.38. The molecule has 0 radical (unpaired) electrons. The predicted octanol–water partition coefficient (Wildman–Crippen LogP) is 5.34. The number of piperidine rings is 1. The normalized spacial score (nSPS) is 18.9. The van der Waals surface area contributed by atoms with Gasteiger partial charge in [0.1, 0.15) is 5.67 Å². The molecule has 1 amide bonds. The predicted molar refractivity (Wildman–Crippen MR) is 111 cm³/mol. The van der Waals surface area contributed by atoms with Gasteiger partial charge in [-0.15, -0.1) is 0 Å². The fourth-order valence-electron chi connectivity index (χ4n) is 3.88. The first-order chi connectivity index (χ1) is 12.6. The van der Waals surface area contributed by atoms with E-state index in [1.54, 1.807) is 24.3 Å². The Bertz CT molecular complexity index is 621. The van der Waals surface area contributed by atoms with Crippen LogP contribution in [0.25, 0.3) is 0 Å². The number of halogens is 2. The molecule has 2 rings (SSSR count). The van der Waals surface area contributed by atoms with Gasteiger partial charge in [0.2, 0.25) is 0 Å². The first-order valence-electron chi connectivity index (χ1n) is 10.0. The van der Waals surface area contributed by atoms with Crippen LogP contribution in [0.2, 0.25) is 5.02 Å². The average Bonchev–Trinajstić information content (AvgIpc) is 2.58. The van der Waals surface area contributed by atoms with Gasteiger partial charge in [0, 0.05) is 13.1 Å². The minimum absolute atomic E-state index is 0.0469. The van der Waals surface area contributed by atoms with Crippen molar-refractivity contribution < 1.29 is 9.18 Å².